The molecule has 0 saturated carbocycles. The number of nitrogens with zero attached hydrogens (tertiary/aromatic N) is 1. The van der Waals surface area contributed by atoms with E-state index in [0.29, 0.717) is 6.42 Å². The van der Waals surface area contributed by atoms with Crippen LogP contribution in [0.1, 0.15) is 68.7 Å². The molecule has 0 fully saturated rings. The van der Waals surface area contributed by atoms with Gasteiger partial charge in [-0.1, -0.05) is 55.5 Å². The van der Waals surface area contributed by atoms with Crippen molar-refractivity contribution in [1.82, 2.24) is 9.62 Å². The fourth-order valence-electron chi connectivity index (χ4n) is 4.92. The molecule has 3 rings (SSSR count). The molecule has 0 saturated heterocycles. The van der Waals surface area contributed by atoms with Gasteiger partial charge in [0.05, 0.1) is 5.75 Å². The molecule has 2 atom stereocenters. The maximum Gasteiger partial charge on any atom is 0.408 e. The third-order valence-electron chi connectivity index (χ3n) is 6.31. The van der Waals surface area contributed by atoms with E-state index >= 15 is 0 Å². The highest BCUT2D eigenvalue weighted by Gasteiger charge is 2.40. The number of hydrogen-bond donors (Lipinski definition) is 2. The maximum atomic E-state index is 12.3. The van der Waals surface area contributed by atoms with Crippen LogP contribution < -0.4 is 4.72 Å². The second kappa shape index (κ2) is 10.3. The first-order chi connectivity index (χ1) is 15.5. The molecule has 2 N–H and O–H groups in total. The second-order valence-corrected chi connectivity index (χ2v) is 11.8. The first-order valence-corrected chi connectivity index (χ1v) is 13.3. The average Bonchev–Trinajstić information content (AvgIpc) is 2.73. The fraction of sp³-hybridized carbons (Fsp3) is 0.500. The van der Waals surface area contributed by atoms with E-state index < -0.39 is 21.7 Å². The predicted molar refractivity (Wildman–Crippen MR) is 132 cm³/mol. The number of sulfonamides is 1. The Kier molecular flexibility index (Phi) is 7.85. The number of carbonyl (C=O) groups is 1. The van der Waals surface area contributed by atoms with Crippen molar-refractivity contribution in [3.63, 3.8) is 0 Å². The standard InChI is InChI=1S/C26H36N2O4S/c1-5-15-33(31,32)27-18-20-11-12-21-13-14-24(28(25(29)30)26(2,3)4)23(22(21)17-20)16-19-9-7-6-8-10-19/h6-12,17,23-24,27H,5,13-16,18H2,1-4H3,(H,29,30). The lowest BCUT2D eigenvalue weighted by atomic mass is 9.74. The molecule has 33 heavy (non-hydrogen) atoms. The molecule has 1 aliphatic carbocycles. The van der Waals surface area contributed by atoms with Gasteiger partial charge in [0, 0.05) is 24.0 Å². The highest BCUT2D eigenvalue weighted by atomic mass is 32.2. The molecule has 0 aromatic heterocycles. The molecule has 0 radical (unpaired) electrons. The van der Waals surface area contributed by atoms with Gasteiger partial charge >= 0.3 is 6.09 Å². The molecule has 2 unspecified atom stereocenters. The Morgan fingerprint density at radius 2 is 1.82 bits per heavy atom. The summed E-state index contributed by atoms with van der Waals surface area (Å²) in [5, 5.41) is 10.1. The van der Waals surface area contributed by atoms with Crippen LogP contribution in [-0.4, -0.2) is 41.9 Å². The van der Waals surface area contributed by atoms with Gasteiger partial charge < -0.3 is 5.11 Å². The van der Waals surface area contributed by atoms with Crippen LogP contribution in [-0.2, 0) is 29.4 Å². The minimum Gasteiger partial charge on any atom is -0.465 e. The molecule has 0 bridgehead atoms. The molecule has 0 aliphatic heterocycles. The van der Waals surface area contributed by atoms with Gasteiger partial charge in [0.2, 0.25) is 10.0 Å². The summed E-state index contributed by atoms with van der Waals surface area (Å²) in [6, 6.07) is 16.1. The largest absolute Gasteiger partial charge is 0.465 e. The van der Waals surface area contributed by atoms with Crippen molar-refractivity contribution in [2.45, 2.75) is 77.4 Å². The minimum atomic E-state index is -3.30. The van der Waals surface area contributed by atoms with E-state index in [9.17, 15) is 18.3 Å². The Bertz CT molecular complexity index is 1060. The summed E-state index contributed by atoms with van der Waals surface area (Å²) >= 11 is 0. The Hall–Kier alpha value is -2.38. The third-order valence-corrected chi connectivity index (χ3v) is 7.84. The molecule has 6 nitrogen and oxygen atoms in total. The maximum absolute atomic E-state index is 12.3. The summed E-state index contributed by atoms with van der Waals surface area (Å²) in [6.45, 7) is 7.90. The third kappa shape index (κ3) is 6.36. The molecule has 0 heterocycles. The van der Waals surface area contributed by atoms with Crippen molar-refractivity contribution >= 4 is 16.1 Å². The average molecular weight is 473 g/mol. The predicted octanol–water partition coefficient (Wildman–Crippen LogP) is 4.94. The van der Waals surface area contributed by atoms with Crippen LogP contribution in [0.5, 0.6) is 0 Å². The Labute approximate surface area is 198 Å². The van der Waals surface area contributed by atoms with Gasteiger partial charge in [0.15, 0.2) is 0 Å². The summed E-state index contributed by atoms with van der Waals surface area (Å²) in [5.41, 5.74) is 3.86. The smallest absolute Gasteiger partial charge is 0.408 e. The summed E-state index contributed by atoms with van der Waals surface area (Å²) in [7, 11) is -3.30. The topological polar surface area (TPSA) is 86.7 Å². The van der Waals surface area contributed by atoms with Gasteiger partial charge in [-0.05, 0) is 68.7 Å². The first kappa shape index (κ1) is 25.2. The molecule has 1 aliphatic rings. The Morgan fingerprint density at radius 1 is 1.12 bits per heavy atom. The van der Waals surface area contributed by atoms with Crippen molar-refractivity contribution in [3.8, 4) is 0 Å². The molecule has 2 aromatic carbocycles. The number of nitrogens with one attached hydrogen (secondary N) is 1. The number of aryl methyl sites for hydroxylation is 1. The SMILES string of the molecule is CCCS(=O)(=O)NCc1ccc2c(c1)C(Cc1ccccc1)C(N(C(=O)O)C(C)(C)C)CC2. The zero-order chi connectivity index (χ0) is 24.2. The highest BCUT2D eigenvalue weighted by molar-refractivity contribution is 7.89. The molecular weight excluding hydrogens is 436 g/mol. The second-order valence-electron chi connectivity index (χ2n) is 9.90. The van der Waals surface area contributed by atoms with Gasteiger partial charge in [0.1, 0.15) is 0 Å². The van der Waals surface area contributed by atoms with Gasteiger partial charge in [-0.25, -0.2) is 17.9 Å². The molecule has 180 valence electrons. The minimum absolute atomic E-state index is 0.0151. The Morgan fingerprint density at radius 3 is 2.42 bits per heavy atom. The molecule has 0 spiro atoms. The van der Waals surface area contributed by atoms with E-state index in [1.807, 2.05) is 52.0 Å². The number of rotatable bonds is 8. The summed E-state index contributed by atoms with van der Waals surface area (Å²) in [6.07, 6.45) is 1.95. The van der Waals surface area contributed by atoms with E-state index in [0.717, 1.165) is 36.0 Å². The summed E-state index contributed by atoms with van der Waals surface area (Å²) < 4.78 is 27.0. The number of amides is 1. The number of fused-ring (bicyclic) bond motifs is 1. The van der Waals surface area contributed by atoms with Crippen LogP contribution in [0.3, 0.4) is 0 Å². The lowest BCUT2D eigenvalue weighted by Gasteiger charge is -2.46. The molecule has 7 heteroatoms. The first-order valence-electron chi connectivity index (χ1n) is 11.7. The van der Waals surface area contributed by atoms with Crippen LogP contribution in [0.2, 0.25) is 0 Å². The molecule has 1 amide bonds. The van der Waals surface area contributed by atoms with Gasteiger partial charge in [-0.2, -0.15) is 0 Å². The molecular formula is C26H36N2O4S. The normalized spacial score (nSPS) is 18.5. The van der Waals surface area contributed by atoms with E-state index in [1.165, 1.54) is 5.56 Å². The number of hydrogen-bond acceptors (Lipinski definition) is 3. The van der Waals surface area contributed by atoms with E-state index in [-0.39, 0.29) is 24.3 Å². The fourth-order valence-corrected chi connectivity index (χ4v) is 5.99. The van der Waals surface area contributed by atoms with Crippen molar-refractivity contribution in [1.29, 1.82) is 0 Å². The summed E-state index contributed by atoms with van der Waals surface area (Å²) in [5.74, 6) is 0.0918. The van der Waals surface area contributed by atoms with Crippen molar-refractivity contribution < 1.29 is 18.3 Å². The summed E-state index contributed by atoms with van der Waals surface area (Å²) in [4.78, 5) is 14.0. The van der Waals surface area contributed by atoms with Gasteiger partial charge in [0.25, 0.3) is 0 Å². The van der Waals surface area contributed by atoms with Crippen LogP contribution in [0.25, 0.3) is 0 Å². The van der Waals surface area contributed by atoms with Crippen molar-refractivity contribution in [2.75, 3.05) is 5.75 Å². The van der Waals surface area contributed by atoms with Crippen LogP contribution in [0, 0.1) is 0 Å². The van der Waals surface area contributed by atoms with Crippen LogP contribution in [0.15, 0.2) is 48.5 Å². The van der Waals surface area contributed by atoms with Gasteiger partial charge in [-0.15, -0.1) is 0 Å². The monoisotopic (exact) mass is 472 g/mol. The quantitative estimate of drug-likeness (QED) is 0.570. The number of carboxylic acid groups (broad SMARTS) is 1. The lowest BCUT2D eigenvalue weighted by molar-refractivity contribution is 0.0545. The zero-order valence-corrected chi connectivity index (χ0v) is 20.9. The molecule has 2 aromatic rings. The lowest BCUT2D eigenvalue weighted by Crippen LogP contribution is -2.54. The van der Waals surface area contributed by atoms with E-state index in [4.69, 9.17) is 0 Å². The van der Waals surface area contributed by atoms with Crippen molar-refractivity contribution in [2.24, 2.45) is 0 Å². The van der Waals surface area contributed by atoms with Crippen LogP contribution >= 0.6 is 0 Å². The number of benzene rings is 2. The highest BCUT2D eigenvalue weighted by Crippen LogP contribution is 2.40. The van der Waals surface area contributed by atoms with Crippen molar-refractivity contribution in [3.05, 3.63) is 70.8 Å². The zero-order valence-electron chi connectivity index (χ0n) is 20.0. The van der Waals surface area contributed by atoms with Crippen LogP contribution in [0.4, 0.5) is 4.79 Å². The van der Waals surface area contributed by atoms with E-state index in [1.54, 1.807) is 4.90 Å². The van der Waals surface area contributed by atoms with Gasteiger partial charge in [-0.3, -0.25) is 4.90 Å². The Balaban J connectivity index is 2.00. The van der Waals surface area contributed by atoms with E-state index in [2.05, 4.69) is 29.0 Å².